The number of hydrogen-bond donors (Lipinski definition) is 2. The van der Waals surface area contributed by atoms with Gasteiger partial charge in [-0.2, -0.15) is 0 Å². The van der Waals surface area contributed by atoms with Crippen LogP contribution in [0.4, 0.5) is 11.4 Å². The van der Waals surface area contributed by atoms with Crippen molar-refractivity contribution in [1.82, 2.24) is 0 Å². The molecule has 0 aliphatic rings. The summed E-state index contributed by atoms with van der Waals surface area (Å²) in [5, 5.41) is 13.8. The van der Waals surface area contributed by atoms with Crippen LogP contribution in [0.25, 0.3) is 0 Å². The van der Waals surface area contributed by atoms with Gasteiger partial charge in [-0.25, -0.2) is 0 Å². The quantitative estimate of drug-likeness (QED) is 0.492. The second kappa shape index (κ2) is 6.00. The number of benzene rings is 1. The summed E-state index contributed by atoms with van der Waals surface area (Å²) in [5.74, 6) is 0. The Labute approximate surface area is 108 Å². The molecular weight excluding hydrogens is 321 g/mol. The number of nitrogens with two attached hydrogens (primary N) is 1. The molecule has 0 aliphatic carbocycles. The third-order valence-electron chi connectivity index (χ3n) is 2.24. The van der Waals surface area contributed by atoms with Crippen molar-refractivity contribution in [3.05, 3.63) is 31.9 Å². The lowest BCUT2D eigenvalue weighted by molar-refractivity contribution is -0.384. The summed E-state index contributed by atoms with van der Waals surface area (Å²) in [7, 11) is 0. The van der Waals surface area contributed by atoms with Gasteiger partial charge >= 0.3 is 0 Å². The van der Waals surface area contributed by atoms with Gasteiger partial charge < -0.3 is 11.1 Å². The van der Waals surface area contributed by atoms with E-state index in [0.717, 1.165) is 9.99 Å². The lowest BCUT2D eigenvalue weighted by Crippen LogP contribution is -2.28. The fourth-order valence-electron chi connectivity index (χ4n) is 1.19. The topological polar surface area (TPSA) is 81.2 Å². The minimum Gasteiger partial charge on any atom is -0.378 e. The number of halogens is 1. The Morgan fingerprint density at radius 1 is 1.62 bits per heavy atom. The van der Waals surface area contributed by atoms with Crippen molar-refractivity contribution in [3.8, 4) is 0 Å². The summed E-state index contributed by atoms with van der Waals surface area (Å²) in [4.78, 5) is 10.4. The number of nitro groups is 1. The van der Waals surface area contributed by atoms with Gasteiger partial charge in [0, 0.05) is 22.2 Å². The van der Waals surface area contributed by atoms with Gasteiger partial charge in [-0.3, -0.25) is 10.1 Å². The molecule has 0 aromatic heterocycles. The van der Waals surface area contributed by atoms with E-state index in [-0.39, 0.29) is 16.7 Å². The molecule has 0 saturated carbocycles. The summed E-state index contributed by atoms with van der Waals surface area (Å²) >= 11 is 2.05. The Bertz CT molecular complexity index is 384. The van der Waals surface area contributed by atoms with E-state index in [4.69, 9.17) is 5.73 Å². The zero-order valence-electron chi connectivity index (χ0n) is 8.94. The van der Waals surface area contributed by atoms with Crippen LogP contribution in [0.15, 0.2) is 18.2 Å². The number of nitrogens with one attached hydrogen (secondary N) is 1. The first-order valence-electron chi connectivity index (χ1n) is 4.98. The van der Waals surface area contributed by atoms with E-state index in [1.165, 1.54) is 0 Å². The summed E-state index contributed by atoms with van der Waals surface area (Å²) in [6, 6.07) is 5.09. The van der Waals surface area contributed by atoms with Crippen molar-refractivity contribution in [2.75, 3.05) is 11.9 Å². The first kappa shape index (κ1) is 13.2. The highest BCUT2D eigenvalue weighted by molar-refractivity contribution is 14.1. The Hall–Kier alpha value is -0.890. The molecule has 1 unspecified atom stereocenters. The minimum atomic E-state index is -0.387. The van der Waals surface area contributed by atoms with Crippen molar-refractivity contribution in [2.24, 2.45) is 5.73 Å². The third-order valence-corrected chi connectivity index (χ3v) is 2.91. The van der Waals surface area contributed by atoms with Crippen molar-refractivity contribution in [1.29, 1.82) is 0 Å². The molecule has 1 aromatic carbocycles. The van der Waals surface area contributed by atoms with E-state index in [2.05, 4.69) is 5.32 Å². The Kier molecular flexibility index (Phi) is 4.94. The second-order valence-electron chi connectivity index (χ2n) is 3.47. The van der Waals surface area contributed by atoms with Gasteiger partial charge in [0.25, 0.3) is 5.69 Å². The van der Waals surface area contributed by atoms with Crippen LogP contribution >= 0.6 is 22.6 Å². The molecule has 6 heteroatoms. The molecule has 1 rings (SSSR count). The fourth-order valence-corrected chi connectivity index (χ4v) is 1.67. The van der Waals surface area contributed by atoms with Crippen molar-refractivity contribution >= 4 is 34.0 Å². The molecule has 0 fully saturated rings. The smallest absolute Gasteiger partial charge is 0.293 e. The van der Waals surface area contributed by atoms with Crippen LogP contribution in [0.1, 0.15) is 13.3 Å². The maximum Gasteiger partial charge on any atom is 0.293 e. The average Bonchev–Trinajstić information content (AvgIpc) is 2.26. The van der Waals surface area contributed by atoms with Gasteiger partial charge in [0.2, 0.25) is 0 Å². The molecule has 0 radical (unpaired) electrons. The standard InChI is InChI=1S/C10H14IN3O2/c1-2-8(12)6-13-9-4-3-7(11)5-10(9)14(15)16/h3-5,8,13H,2,6,12H2,1H3. The van der Waals surface area contributed by atoms with Crippen molar-refractivity contribution < 1.29 is 4.92 Å². The van der Waals surface area contributed by atoms with Crippen LogP contribution in [0.2, 0.25) is 0 Å². The first-order valence-corrected chi connectivity index (χ1v) is 6.06. The number of anilines is 1. The van der Waals surface area contributed by atoms with Gasteiger partial charge in [-0.1, -0.05) is 6.92 Å². The molecule has 0 aliphatic heterocycles. The van der Waals surface area contributed by atoms with E-state index in [0.29, 0.717) is 12.2 Å². The predicted molar refractivity (Wildman–Crippen MR) is 72.6 cm³/mol. The monoisotopic (exact) mass is 335 g/mol. The molecule has 1 aromatic rings. The van der Waals surface area contributed by atoms with Crippen molar-refractivity contribution in [2.45, 2.75) is 19.4 Å². The Morgan fingerprint density at radius 3 is 2.88 bits per heavy atom. The van der Waals surface area contributed by atoms with Gasteiger partial charge in [0.05, 0.1) is 4.92 Å². The third kappa shape index (κ3) is 3.60. The SMILES string of the molecule is CCC(N)CNc1ccc(I)cc1[N+](=O)[O-]. The lowest BCUT2D eigenvalue weighted by Gasteiger charge is -2.11. The highest BCUT2D eigenvalue weighted by Crippen LogP contribution is 2.26. The van der Waals surface area contributed by atoms with E-state index in [1.54, 1.807) is 12.1 Å². The second-order valence-corrected chi connectivity index (χ2v) is 4.71. The van der Waals surface area contributed by atoms with Crippen molar-refractivity contribution in [3.63, 3.8) is 0 Å². The molecule has 88 valence electrons. The van der Waals surface area contributed by atoms with E-state index in [1.807, 2.05) is 35.6 Å². The Morgan fingerprint density at radius 2 is 2.31 bits per heavy atom. The number of nitro benzene ring substituents is 1. The van der Waals surface area contributed by atoms with Gasteiger partial charge in [-0.05, 0) is 41.1 Å². The molecule has 0 amide bonds. The summed E-state index contributed by atoms with van der Waals surface area (Å²) < 4.78 is 0.842. The fraction of sp³-hybridized carbons (Fsp3) is 0.400. The van der Waals surface area contributed by atoms with E-state index in [9.17, 15) is 10.1 Å². The molecule has 3 N–H and O–H groups in total. The van der Waals surface area contributed by atoms with E-state index < -0.39 is 0 Å². The maximum atomic E-state index is 10.8. The van der Waals surface area contributed by atoms with Crippen LogP contribution in [0.3, 0.4) is 0 Å². The maximum absolute atomic E-state index is 10.8. The zero-order valence-corrected chi connectivity index (χ0v) is 11.1. The largest absolute Gasteiger partial charge is 0.378 e. The molecule has 0 heterocycles. The molecule has 1 atom stereocenters. The van der Waals surface area contributed by atoms with E-state index >= 15 is 0 Å². The predicted octanol–water partition coefficient (Wildman–Crippen LogP) is 2.35. The van der Waals surface area contributed by atoms with Crippen LogP contribution in [-0.4, -0.2) is 17.5 Å². The lowest BCUT2D eigenvalue weighted by atomic mass is 10.2. The van der Waals surface area contributed by atoms with Gasteiger partial charge in [-0.15, -0.1) is 0 Å². The molecule has 0 spiro atoms. The van der Waals surface area contributed by atoms with Crippen LogP contribution < -0.4 is 11.1 Å². The number of nitrogens with zero attached hydrogens (tertiary/aromatic N) is 1. The molecule has 0 saturated heterocycles. The Balaban J connectivity index is 2.82. The number of rotatable bonds is 5. The molecular formula is C10H14IN3O2. The normalized spacial score (nSPS) is 12.2. The van der Waals surface area contributed by atoms with Gasteiger partial charge in [0.1, 0.15) is 5.69 Å². The molecule has 0 bridgehead atoms. The van der Waals surface area contributed by atoms with Crippen LogP contribution in [-0.2, 0) is 0 Å². The minimum absolute atomic E-state index is 0.0129. The molecule has 5 nitrogen and oxygen atoms in total. The first-order chi connectivity index (χ1) is 7.54. The zero-order chi connectivity index (χ0) is 12.1. The highest BCUT2D eigenvalue weighted by atomic mass is 127. The summed E-state index contributed by atoms with van der Waals surface area (Å²) in [5.41, 5.74) is 6.36. The van der Waals surface area contributed by atoms with Crippen LogP contribution in [0.5, 0.6) is 0 Å². The summed E-state index contributed by atoms with van der Waals surface area (Å²) in [6.07, 6.45) is 0.838. The van der Waals surface area contributed by atoms with Crippen LogP contribution in [0, 0.1) is 13.7 Å². The molecule has 16 heavy (non-hydrogen) atoms. The number of hydrogen-bond acceptors (Lipinski definition) is 4. The highest BCUT2D eigenvalue weighted by Gasteiger charge is 2.14. The van der Waals surface area contributed by atoms with Gasteiger partial charge in [0.15, 0.2) is 0 Å². The summed E-state index contributed by atoms with van der Waals surface area (Å²) in [6.45, 7) is 2.52. The average molecular weight is 335 g/mol.